The van der Waals surface area contributed by atoms with Crippen molar-refractivity contribution in [3.8, 4) is 0 Å². The van der Waals surface area contributed by atoms with Gasteiger partial charge in [0.05, 0.1) is 10.7 Å². The molecule has 7 nitrogen and oxygen atoms in total. The number of carbonyl (C=O) groups excluding carboxylic acids is 3. The number of nitrogens with one attached hydrogen (secondary N) is 2. The molecule has 4 rings (SSSR count). The van der Waals surface area contributed by atoms with E-state index in [0.717, 1.165) is 48.4 Å². The maximum absolute atomic E-state index is 12.8. The number of aromatic nitrogens is 1. The van der Waals surface area contributed by atoms with Gasteiger partial charge < -0.3 is 10.6 Å². The number of imide groups is 1. The van der Waals surface area contributed by atoms with Crippen LogP contribution in [0.1, 0.15) is 67.4 Å². The van der Waals surface area contributed by atoms with Crippen molar-refractivity contribution in [1.29, 1.82) is 0 Å². The molecule has 29 heavy (non-hydrogen) atoms. The third kappa shape index (κ3) is 4.32. The number of carbonyl (C=O) groups is 3. The Morgan fingerprint density at radius 3 is 2.79 bits per heavy atom. The average Bonchev–Trinajstić information content (AvgIpc) is 3.22. The Balaban J connectivity index is 1.22. The highest BCUT2D eigenvalue weighted by Gasteiger charge is 2.52. The quantitative estimate of drug-likeness (QED) is 0.549. The largest absolute Gasteiger partial charge is 0.355 e. The van der Waals surface area contributed by atoms with E-state index in [1.165, 1.54) is 23.4 Å². The summed E-state index contributed by atoms with van der Waals surface area (Å²) in [5, 5.41) is 6.85. The van der Waals surface area contributed by atoms with Crippen LogP contribution in [0.5, 0.6) is 0 Å². The molecule has 0 aromatic carbocycles. The molecule has 1 saturated heterocycles. The molecule has 158 valence electrons. The highest BCUT2D eigenvalue weighted by atomic mass is 32.1. The summed E-state index contributed by atoms with van der Waals surface area (Å²) < 4.78 is 0. The van der Waals surface area contributed by atoms with Crippen LogP contribution in [0.3, 0.4) is 0 Å². The summed E-state index contributed by atoms with van der Waals surface area (Å²) in [6, 6.07) is -0.437. The van der Waals surface area contributed by atoms with Gasteiger partial charge in [-0.25, -0.2) is 9.78 Å². The first-order chi connectivity index (χ1) is 14.0. The van der Waals surface area contributed by atoms with E-state index in [2.05, 4.69) is 17.6 Å². The smallest absolute Gasteiger partial charge is 0.325 e. The van der Waals surface area contributed by atoms with Gasteiger partial charge in [0.1, 0.15) is 12.1 Å². The van der Waals surface area contributed by atoms with Gasteiger partial charge >= 0.3 is 6.03 Å². The first-order valence-corrected chi connectivity index (χ1v) is 11.7. The van der Waals surface area contributed by atoms with Gasteiger partial charge in [-0.3, -0.25) is 14.5 Å². The third-order valence-corrected chi connectivity index (χ3v) is 7.67. The lowest BCUT2D eigenvalue weighted by Crippen LogP contribution is -2.49. The number of urea groups is 1. The van der Waals surface area contributed by atoms with Crippen LogP contribution in [0.15, 0.2) is 0 Å². The number of amides is 4. The summed E-state index contributed by atoms with van der Waals surface area (Å²) in [6.07, 6.45) is 9.55. The van der Waals surface area contributed by atoms with Crippen LogP contribution in [0.2, 0.25) is 0 Å². The summed E-state index contributed by atoms with van der Waals surface area (Å²) in [7, 11) is 0. The monoisotopic (exact) mass is 418 g/mol. The lowest BCUT2D eigenvalue weighted by molar-refractivity contribution is -0.136. The van der Waals surface area contributed by atoms with E-state index in [9.17, 15) is 14.4 Å². The van der Waals surface area contributed by atoms with Crippen molar-refractivity contribution in [2.75, 3.05) is 13.1 Å². The molecule has 1 aromatic heterocycles. The van der Waals surface area contributed by atoms with Gasteiger partial charge in [-0.2, -0.15) is 0 Å². The molecule has 2 fully saturated rings. The zero-order valence-electron chi connectivity index (χ0n) is 17.1. The number of thiazole rings is 1. The highest BCUT2D eigenvalue weighted by molar-refractivity contribution is 7.11. The predicted molar refractivity (Wildman–Crippen MR) is 111 cm³/mol. The number of rotatable bonds is 6. The molecule has 1 spiro atoms. The molecule has 0 bridgehead atoms. The van der Waals surface area contributed by atoms with Crippen molar-refractivity contribution in [3.63, 3.8) is 0 Å². The van der Waals surface area contributed by atoms with Crippen LogP contribution in [0.4, 0.5) is 4.79 Å². The minimum atomic E-state index is -0.784. The SMILES string of the molecule is CC1CCC2(CC1)NC(=O)N(CC(=O)NCCCc1nc3c(s1)CCCC3)C2=O. The van der Waals surface area contributed by atoms with Gasteiger partial charge in [0.25, 0.3) is 5.91 Å². The first kappa shape index (κ1) is 20.3. The summed E-state index contributed by atoms with van der Waals surface area (Å²) in [6.45, 7) is 2.49. The van der Waals surface area contributed by atoms with E-state index >= 15 is 0 Å². The molecular formula is C21H30N4O3S. The van der Waals surface area contributed by atoms with E-state index in [0.29, 0.717) is 25.3 Å². The Labute approximate surface area is 175 Å². The molecule has 1 aliphatic heterocycles. The zero-order chi connectivity index (χ0) is 20.4. The van der Waals surface area contributed by atoms with Crippen molar-refractivity contribution in [3.05, 3.63) is 15.6 Å². The van der Waals surface area contributed by atoms with Crippen LogP contribution in [0.25, 0.3) is 0 Å². The molecule has 4 amide bonds. The molecule has 0 unspecified atom stereocenters. The third-order valence-electron chi connectivity index (χ3n) is 6.45. The minimum Gasteiger partial charge on any atom is -0.355 e. The lowest BCUT2D eigenvalue weighted by atomic mass is 9.77. The van der Waals surface area contributed by atoms with Gasteiger partial charge in [-0.05, 0) is 63.7 Å². The summed E-state index contributed by atoms with van der Waals surface area (Å²) >= 11 is 1.80. The maximum Gasteiger partial charge on any atom is 0.325 e. The van der Waals surface area contributed by atoms with E-state index in [-0.39, 0.29) is 18.4 Å². The standard InChI is InChI=1S/C21H30N4O3S/c1-14-8-10-21(11-9-14)19(27)25(20(28)24-21)13-17(26)22-12-4-7-18-23-15-5-2-3-6-16(15)29-18/h14H,2-13H2,1H3,(H,22,26)(H,24,28). The molecule has 2 N–H and O–H groups in total. The minimum absolute atomic E-state index is 0.201. The van der Waals surface area contributed by atoms with Crippen molar-refractivity contribution < 1.29 is 14.4 Å². The molecular weight excluding hydrogens is 388 g/mol. The Kier molecular flexibility index (Phi) is 5.90. The summed E-state index contributed by atoms with van der Waals surface area (Å²) in [5.41, 5.74) is 0.485. The Hall–Kier alpha value is -1.96. The Bertz CT molecular complexity index is 774. The molecule has 8 heteroatoms. The topological polar surface area (TPSA) is 91.4 Å². The van der Waals surface area contributed by atoms with Gasteiger partial charge in [-0.15, -0.1) is 11.3 Å². The molecule has 0 radical (unpaired) electrons. The Morgan fingerprint density at radius 1 is 1.28 bits per heavy atom. The number of hydrogen-bond donors (Lipinski definition) is 2. The second kappa shape index (κ2) is 8.42. The summed E-state index contributed by atoms with van der Waals surface area (Å²) in [4.78, 5) is 44.6. The number of nitrogens with zero attached hydrogens (tertiary/aromatic N) is 2. The van der Waals surface area contributed by atoms with Crippen LogP contribution in [-0.4, -0.2) is 46.4 Å². The van der Waals surface area contributed by atoms with E-state index in [4.69, 9.17) is 4.98 Å². The fourth-order valence-corrected chi connectivity index (χ4v) is 5.79. The predicted octanol–water partition coefficient (Wildman–Crippen LogP) is 2.57. The van der Waals surface area contributed by atoms with Crippen molar-refractivity contribution in [1.82, 2.24) is 20.5 Å². The van der Waals surface area contributed by atoms with Gasteiger partial charge in [0.15, 0.2) is 0 Å². The second-order valence-electron chi connectivity index (χ2n) is 8.72. The molecule has 3 aliphatic rings. The fourth-order valence-electron chi connectivity index (χ4n) is 4.59. The zero-order valence-corrected chi connectivity index (χ0v) is 17.9. The molecule has 2 heterocycles. The van der Waals surface area contributed by atoms with Gasteiger partial charge in [0, 0.05) is 17.8 Å². The highest BCUT2D eigenvalue weighted by Crippen LogP contribution is 2.36. The van der Waals surface area contributed by atoms with E-state index in [1.807, 2.05) is 0 Å². The van der Waals surface area contributed by atoms with Crippen molar-refractivity contribution in [2.45, 2.75) is 76.7 Å². The summed E-state index contributed by atoms with van der Waals surface area (Å²) in [5.74, 6) is 0.0529. The number of fused-ring (bicyclic) bond motifs is 1. The van der Waals surface area contributed by atoms with Gasteiger partial charge in [0.2, 0.25) is 5.91 Å². The molecule has 2 aliphatic carbocycles. The maximum atomic E-state index is 12.8. The van der Waals surface area contributed by atoms with Crippen LogP contribution < -0.4 is 10.6 Å². The average molecular weight is 419 g/mol. The van der Waals surface area contributed by atoms with Crippen LogP contribution in [-0.2, 0) is 28.9 Å². The number of hydrogen-bond acceptors (Lipinski definition) is 5. The van der Waals surface area contributed by atoms with E-state index < -0.39 is 11.6 Å². The van der Waals surface area contributed by atoms with Gasteiger partial charge in [-0.1, -0.05) is 6.92 Å². The molecule has 1 saturated carbocycles. The number of aryl methyl sites for hydroxylation is 3. The molecule has 0 atom stereocenters. The second-order valence-corrected chi connectivity index (χ2v) is 9.89. The van der Waals surface area contributed by atoms with Crippen molar-refractivity contribution in [2.24, 2.45) is 5.92 Å². The Morgan fingerprint density at radius 2 is 2.03 bits per heavy atom. The van der Waals surface area contributed by atoms with Crippen LogP contribution in [0, 0.1) is 5.92 Å². The normalized spacial score (nSPS) is 26.5. The lowest BCUT2D eigenvalue weighted by Gasteiger charge is -2.33. The van der Waals surface area contributed by atoms with E-state index in [1.54, 1.807) is 11.3 Å². The first-order valence-electron chi connectivity index (χ1n) is 10.8. The molecule has 1 aromatic rings. The fraction of sp³-hybridized carbons (Fsp3) is 0.714. The van der Waals surface area contributed by atoms with Crippen LogP contribution >= 0.6 is 11.3 Å². The van der Waals surface area contributed by atoms with Crippen molar-refractivity contribution >= 4 is 29.2 Å².